The molecule has 143 valence electrons. The zero-order chi connectivity index (χ0) is 19.2. The number of nitrogens with one attached hydrogen (secondary N) is 1. The van der Waals surface area contributed by atoms with Gasteiger partial charge in [-0.2, -0.15) is 0 Å². The van der Waals surface area contributed by atoms with Gasteiger partial charge in [-0.15, -0.1) is 0 Å². The van der Waals surface area contributed by atoms with Gasteiger partial charge in [0.05, 0.1) is 12.5 Å². The molecule has 4 N–H and O–H groups in total. The summed E-state index contributed by atoms with van der Waals surface area (Å²) >= 11 is 0. The molecule has 1 unspecified atom stereocenters. The lowest BCUT2D eigenvalue weighted by molar-refractivity contribution is -0.300. The number of hydrogen-bond donors (Lipinski definition) is 3. The van der Waals surface area contributed by atoms with Gasteiger partial charge in [0, 0.05) is 19.3 Å². The van der Waals surface area contributed by atoms with Crippen LogP contribution in [-0.4, -0.2) is 63.7 Å². The highest BCUT2D eigenvalue weighted by Crippen LogP contribution is 2.39. The van der Waals surface area contributed by atoms with Gasteiger partial charge in [0.2, 0.25) is 12.2 Å². The second-order valence-electron chi connectivity index (χ2n) is 6.14. The molecular formula is C16H26NO8. The molecule has 0 aromatic rings. The Hall–Kier alpha value is -1.55. The Morgan fingerprint density at radius 1 is 1.20 bits per heavy atom. The lowest BCUT2D eigenvalue weighted by atomic mass is 9.72. The van der Waals surface area contributed by atoms with E-state index in [1.54, 1.807) is 13.8 Å². The average molecular weight is 360 g/mol. The summed E-state index contributed by atoms with van der Waals surface area (Å²) < 4.78 is 10.4. The number of carbonyl (C=O) groups excluding carboxylic acids is 3. The predicted octanol–water partition coefficient (Wildman–Crippen LogP) is -0.676. The highest BCUT2D eigenvalue weighted by atomic mass is 16.7. The van der Waals surface area contributed by atoms with Crippen molar-refractivity contribution in [3.05, 3.63) is 0 Å². The summed E-state index contributed by atoms with van der Waals surface area (Å²) in [5.74, 6) is -3.97. The van der Waals surface area contributed by atoms with Gasteiger partial charge in [0.25, 0.3) is 0 Å². The first kappa shape index (κ1) is 21.5. The van der Waals surface area contributed by atoms with Gasteiger partial charge in [-0.05, 0) is 12.8 Å². The minimum Gasteiger partial charge on any atom is -0.435 e. The lowest BCUT2D eigenvalue weighted by Crippen LogP contribution is -2.68. The average Bonchev–Trinajstić information content (AvgIpc) is 2.54. The van der Waals surface area contributed by atoms with E-state index in [9.17, 15) is 29.7 Å². The molecule has 0 aliphatic carbocycles. The third kappa shape index (κ3) is 4.75. The molecule has 0 spiro atoms. The molecule has 1 heterocycles. The summed E-state index contributed by atoms with van der Waals surface area (Å²) in [6, 6.07) is 0. The summed E-state index contributed by atoms with van der Waals surface area (Å²) in [4.78, 5) is 35.6. The fourth-order valence-electron chi connectivity index (χ4n) is 2.95. The van der Waals surface area contributed by atoms with Crippen molar-refractivity contribution in [3.63, 3.8) is 0 Å². The number of aliphatic hydroxyl groups is 3. The van der Waals surface area contributed by atoms with Crippen LogP contribution >= 0.6 is 0 Å². The Labute approximate surface area is 146 Å². The van der Waals surface area contributed by atoms with E-state index in [2.05, 4.69) is 0 Å². The van der Waals surface area contributed by atoms with E-state index in [1.165, 1.54) is 0 Å². The summed E-state index contributed by atoms with van der Waals surface area (Å²) in [5.41, 5.74) is 4.70. The van der Waals surface area contributed by atoms with Crippen molar-refractivity contribution < 1.29 is 39.2 Å². The number of amides is 1. The Kier molecular flexibility index (Phi) is 7.94. The van der Waals surface area contributed by atoms with Crippen LogP contribution in [-0.2, 0) is 23.9 Å². The first-order valence-electron chi connectivity index (χ1n) is 8.36. The van der Waals surface area contributed by atoms with Crippen molar-refractivity contribution in [1.82, 2.24) is 5.73 Å². The van der Waals surface area contributed by atoms with Crippen molar-refractivity contribution in [2.75, 3.05) is 6.61 Å². The molecule has 9 heteroatoms. The van der Waals surface area contributed by atoms with Crippen molar-refractivity contribution in [2.45, 2.75) is 70.1 Å². The van der Waals surface area contributed by atoms with Gasteiger partial charge in [0.15, 0.2) is 11.4 Å². The number of ketones is 1. The number of ether oxygens (including phenoxy) is 2. The SMILES string of the molecule is CCCC(=O)OC1O[C@H](CO)[C@@H](O)[C@@](O)(C(=O)CCC)[C@H]1CC([NH])=O. The zero-order valence-electron chi connectivity index (χ0n) is 14.4. The number of aliphatic hydroxyl groups excluding tert-OH is 2. The van der Waals surface area contributed by atoms with E-state index in [4.69, 9.17) is 15.2 Å². The monoisotopic (exact) mass is 360 g/mol. The number of carbonyl (C=O) groups is 3. The van der Waals surface area contributed by atoms with Crippen LogP contribution in [0.5, 0.6) is 0 Å². The Balaban J connectivity index is 3.27. The van der Waals surface area contributed by atoms with E-state index >= 15 is 0 Å². The molecule has 5 atom stereocenters. The standard InChI is InChI=1S/C16H26NO8/c1-3-5-11(19)16(23)9(7-12(17)20)15(25-13(21)6-4-2)24-10(8-18)14(16)22/h9-10,14-15,17-18,22-23H,3-8H2,1-2H3/t9-,10+,14+,15?,16-/m0/s1. The van der Waals surface area contributed by atoms with Crippen LogP contribution in [0.25, 0.3) is 0 Å². The second-order valence-corrected chi connectivity index (χ2v) is 6.14. The van der Waals surface area contributed by atoms with Crippen LogP contribution in [0.1, 0.15) is 46.0 Å². The van der Waals surface area contributed by atoms with Crippen molar-refractivity contribution >= 4 is 17.7 Å². The summed E-state index contributed by atoms with van der Waals surface area (Å²) in [5, 5.41) is 30.7. The fourth-order valence-corrected chi connectivity index (χ4v) is 2.95. The van der Waals surface area contributed by atoms with Gasteiger partial charge in [-0.25, -0.2) is 0 Å². The minimum atomic E-state index is -2.46. The molecule has 0 aromatic heterocycles. The Bertz CT molecular complexity index is 497. The lowest BCUT2D eigenvalue weighted by Gasteiger charge is -2.48. The van der Waals surface area contributed by atoms with Gasteiger partial charge >= 0.3 is 5.97 Å². The molecule has 1 radical (unpaired) electrons. The highest BCUT2D eigenvalue weighted by molar-refractivity contribution is 5.89. The van der Waals surface area contributed by atoms with Crippen molar-refractivity contribution in [3.8, 4) is 0 Å². The normalized spacial score (nSPS) is 32.2. The number of esters is 1. The van der Waals surface area contributed by atoms with Crippen LogP contribution in [0.3, 0.4) is 0 Å². The van der Waals surface area contributed by atoms with Crippen LogP contribution in [0, 0.1) is 5.92 Å². The van der Waals surface area contributed by atoms with Gasteiger partial charge < -0.3 is 24.8 Å². The van der Waals surface area contributed by atoms with Crippen LogP contribution in [0.4, 0.5) is 0 Å². The van der Waals surface area contributed by atoms with Gasteiger partial charge in [-0.1, -0.05) is 13.8 Å². The van der Waals surface area contributed by atoms with E-state index in [-0.39, 0.29) is 12.8 Å². The molecule has 0 saturated carbocycles. The largest absolute Gasteiger partial charge is 0.435 e. The number of rotatable bonds is 9. The third-order valence-corrected chi connectivity index (χ3v) is 4.22. The number of hydrogen-bond acceptors (Lipinski definition) is 8. The van der Waals surface area contributed by atoms with Gasteiger partial charge in [-0.3, -0.25) is 20.1 Å². The van der Waals surface area contributed by atoms with Crippen LogP contribution < -0.4 is 5.73 Å². The van der Waals surface area contributed by atoms with Crippen LogP contribution in [0.15, 0.2) is 0 Å². The smallest absolute Gasteiger partial charge is 0.308 e. The molecule has 1 rings (SSSR count). The Morgan fingerprint density at radius 3 is 2.28 bits per heavy atom. The molecule has 9 nitrogen and oxygen atoms in total. The van der Waals surface area contributed by atoms with Crippen molar-refractivity contribution in [2.24, 2.45) is 5.92 Å². The first-order valence-corrected chi connectivity index (χ1v) is 8.36. The van der Waals surface area contributed by atoms with E-state index in [1.807, 2.05) is 0 Å². The number of Topliss-reactive ketones (excluding diaryl/α,β-unsaturated/α-hetero) is 1. The molecular weight excluding hydrogens is 334 g/mol. The second kappa shape index (κ2) is 9.23. The van der Waals surface area contributed by atoms with Crippen molar-refractivity contribution in [1.29, 1.82) is 0 Å². The molecule has 1 aliphatic heterocycles. The maximum Gasteiger partial charge on any atom is 0.308 e. The van der Waals surface area contributed by atoms with E-state index < -0.39 is 60.7 Å². The summed E-state index contributed by atoms with van der Waals surface area (Å²) in [7, 11) is 0. The molecule has 25 heavy (non-hydrogen) atoms. The summed E-state index contributed by atoms with van der Waals surface area (Å²) in [6.45, 7) is 2.71. The molecule has 0 bridgehead atoms. The maximum absolute atomic E-state index is 12.5. The maximum atomic E-state index is 12.5. The third-order valence-electron chi connectivity index (χ3n) is 4.22. The molecule has 1 saturated heterocycles. The quantitative estimate of drug-likeness (QED) is 0.457. The zero-order valence-corrected chi connectivity index (χ0v) is 14.4. The van der Waals surface area contributed by atoms with Gasteiger partial charge in [0.1, 0.15) is 12.2 Å². The summed E-state index contributed by atoms with van der Waals surface area (Å²) in [6.07, 6.45) is -4.55. The minimum absolute atomic E-state index is 0.0507. The Morgan fingerprint density at radius 2 is 1.80 bits per heavy atom. The fraction of sp³-hybridized carbons (Fsp3) is 0.812. The molecule has 1 fully saturated rings. The van der Waals surface area contributed by atoms with E-state index in [0.717, 1.165) is 0 Å². The molecule has 0 aromatic carbocycles. The first-order chi connectivity index (χ1) is 11.7. The molecule has 1 aliphatic rings. The van der Waals surface area contributed by atoms with Crippen LogP contribution in [0.2, 0.25) is 0 Å². The van der Waals surface area contributed by atoms with E-state index in [0.29, 0.717) is 12.8 Å². The highest BCUT2D eigenvalue weighted by Gasteiger charge is 2.60. The topological polar surface area (TPSA) is 154 Å². The molecule has 1 amide bonds. The predicted molar refractivity (Wildman–Crippen MR) is 83.8 cm³/mol.